The summed E-state index contributed by atoms with van der Waals surface area (Å²) in [6.45, 7) is -0.758. The molecule has 4 nitrogen and oxygen atoms in total. The Bertz CT molecular complexity index is 488. The smallest absolute Gasteiger partial charge is 0.252 e. The normalized spacial score (nSPS) is 12.3. The van der Waals surface area contributed by atoms with E-state index in [1.54, 1.807) is 12.1 Å². The molecule has 0 aliphatic rings. The molecule has 0 saturated carbocycles. The predicted octanol–water partition coefficient (Wildman–Crippen LogP) is 1.50. The van der Waals surface area contributed by atoms with Crippen LogP contribution in [0.15, 0.2) is 29.2 Å². The molecule has 1 aromatic rings. The minimum atomic E-state index is -3.87. The minimum absolute atomic E-state index is 0.0107. The molecular weight excluding hydrogens is 276 g/mol. The van der Waals surface area contributed by atoms with Crippen LogP contribution in [0.3, 0.4) is 0 Å². The molecule has 0 aromatic heterocycles. The van der Waals surface area contributed by atoms with Crippen LogP contribution in [0.1, 0.15) is 12.0 Å². The summed E-state index contributed by atoms with van der Waals surface area (Å²) in [7, 11) is -2.74. The van der Waals surface area contributed by atoms with Crippen molar-refractivity contribution in [2.75, 3.05) is 20.2 Å². The number of hydrogen-bond acceptors (Lipinski definition) is 3. The average molecular weight is 293 g/mol. The Hall–Kier alpha value is -1.05. The van der Waals surface area contributed by atoms with E-state index < -0.39 is 23.0 Å². The van der Waals surface area contributed by atoms with Crippen molar-refractivity contribution in [2.24, 2.45) is 0 Å². The maximum Gasteiger partial charge on any atom is 0.252 e. The number of alkyl halides is 2. The maximum atomic E-state index is 12.2. The van der Waals surface area contributed by atoms with Gasteiger partial charge in [0.05, 0.1) is 11.4 Å². The van der Waals surface area contributed by atoms with Crippen molar-refractivity contribution in [3.05, 3.63) is 29.8 Å². The molecule has 0 saturated heterocycles. The standard InChI is InChI=1S/C12H17F2NO3S/c1-15(9-12(13)14)19(17,18)11-6-4-10(5-7-11)3-2-8-16/h4-7,12,16H,2-3,8-9H2,1H3. The Balaban J connectivity index is 2.84. The van der Waals surface area contributed by atoms with Crippen molar-refractivity contribution in [1.82, 2.24) is 4.31 Å². The second-order valence-electron chi connectivity index (χ2n) is 4.15. The van der Waals surface area contributed by atoms with Gasteiger partial charge in [0.2, 0.25) is 10.0 Å². The number of aliphatic hydroxyl groups excluding tert-OH is 1. The van der Waals surface area contributed by atoms with Gasteiger partial charge >= 0.3 is 0 Å². The molecule has 0 heterocycles. The van der Waals surface area contributed by atoms with Crippen molar-refractivity contribution >= 4 is 10.0 Å². The molecule has 19 heavy (non-hydrogen) atoms. The van der Waals surface area contributed by atoms with Gasteiger partial charge in [-0.1, -0.05) is 12.1 Å². The zero-order valence-corrected chi connectivity index (χ0v) is 11.4. The average Bonchev–Trinajstić information content (AvgIpc) is 2.36. The fourth-order valence-electron chi connectivity index (χ4n) is 1.58. The molecule has 0 atom stereocenters. The highest BCUT2D eigenvalue weighted by Gasteiger charge is 2.23. The van der Waals surface area contributed by atoms with Gasteiger partial charge in [-0.25, -0.2) is 17.2 Å². The zero-order chi connectivity index (χ0) is 14.5. The summed E-state index contributed by atoms with van der Waals surface area (Å²) in [4.78, 5) is -0.0107. The van der Waals surface area contributed by atoms with Gasteiger partial charge in [-0.15, -0.1) is 0 Å². The first kappa shape index (κ1) is 16.0. The molecule has 0 bridgehead atoms. The van der Waals surface area contributed by atoms with Gasteiger partial charge in [0.25, 0.3) is 6.43 Å². The lowest BCUT2D eigenvalue weighted by Crippen LogP contribution is -2.31. The monoisotopic (exact) mass is 293 g/mol. The third-order valence-corrected chi connectivity index (χ3v) is 4.49. The summed E-state index contributed by atoms with van der Waals surface area (Å²) < 4.78 is 48.9. The quantitative estimate of drug-likeness (QED) is 0.829. The number of benzene rings is 1. The summed E-state index contributed by atoms with van der Waals surface area (Å²) in [6.07, 6.45) is -1.47. The molecule has 7 heteroatoms. The number of halogens is 2. The number of aryl methyl sites for hydroxylation is 1. The fraction of sp³-hybridized carbons (Fsp3) is 0.500. The Labute approximate surface area is 111 Å². The van der Waals surface area contributed by atoms with E-state index in [9.17, 15) is 17.2 Å². The molecule has 0 unspecified atom stereocenters. The molecule has 1 N–H and O–H groups in total. The van der Waals surface area contributed by atoms with Gasteiger partial charge in [-0.2, -0.15) is 4.31 Å². The number of nitrogens with zero attached hydrogens (tertiary/aromatic N) is 1. The Morgan fingerprint density at radius 2 is 1.84 bits per heavy atom. The van der Waals surface area contributed by atoms with Gasteiger partial charge in [0.1, 0.15) is 0 Å². The van der Waals surface area contributed by atoms with Crippen LogP contribution < -0.4 is 0 Å². The molecule has 0 aliphatic heterocycles. The first-order chi connectivity index (χ1) is 8.87. The van der Waals surface area contributed by atoms with Crippen molar-refractivity contribution in [3.8, 4) is 0 Å². The van der Waals surface area contributed by atoms with E-state index in [-0.39, 0.29) is 11.5 Å². The van der Waals surface area contributed by atoms with E-state index in [2.05, 4.69) is 0 Å². The van der Waals surface area contributed by atoms with E-state index in [4.69, 9.17) is 5.11 Å². The highest BCUT2D eigenvalue weighted by molar-refractivity contribution is 7.89. The van der Waals surface area contributed by atoms with Gasteiger partial charge in [-0.05, 0) is 30.5 Å². The Kier molecular flexibility index (Phi) is 5.84. The van der Waals surface area contributed by atoms with Gasteiger partial charge in [0, 0.05) is 13.7 Å². The van der Waals surface area contributed by atoms with E-state index in [1.807, 2.05) is 0 Å². The molecule has 0 aliphatic carbocycles. The second kappa shape index (κ2) is 6.93. The number of sulfonamides is 1. The maximum absolute atomic E-state index is 12.2. The molecule has 1 rings (SSSR count). The summed E-state index contributed by atoms with van der Waals surface area (Å²) in [6, 6.07) is 6.03. The van der Waals surface area contributed by atoms with E-state index in [0.29, 0.717) is 17.1 Å². The van der Waals surface area contributed by atoms with Gasteiger partial charge < -0.3 is 5.11 Å². The minimum Gasteiger partial charge on any atom is -0.396 e. The van der Waals surface area contributed by atoms with Crippen LogP contribution in [0.4, 0.5) is 8.78 Å². The van der Waals surface area contributed by atoms with E-state index in [1.165, 1.54) is 12.1 Å². The van der Waals surface area contributed by atoms with Crippen LogP contribution in [-0.4, -0.2) is 44.5 Å². The first-order valence-electron chi connectivity index (χ1n) is 5.82. The van der Waals surface area contributed by atoms with Crippen molar-refractivity contribution < 1.29 is 22.3 Å². The summed E-state index contributed by atoms with van der Waals surface area (Å²) in [5.74, 6) is 0. The summed E-state index contributed by atoms with van der Waals surface area (Å²) >= 11 is 0. The molecule has 0 radical (unpaired) electrons. The SMILES string of the molecule is CN(CC(F)F)S(=O)(=O)c1ccc(CCCO)cc1. The van der Waals surface area contributed by atoms with Crippen LogP contribution in [0.2, 0.25) is 0 Å². The largest absolute Gasteiger partial charge is 0.396 e. The molecule has 0 amide bonds. The van der Waals surface area contributed by atoms with Gasteiger partial charge in [0.15, 0.2) is 0 Å². The highest BCUT2D eigenvalue weighted by atomic mass is 32.2. The molecule has 108 valence electrons. The Morgan fingerprint density at radius 1 is 1.26 bits per heavy atom. The number of aliphatic hydroxyl groups is 1. The fourth-order valence-corrected chi connectivity index (χ4v) is 2.73. The molecule has 1 aromatic carbocycles. The molecule has 0 spiro atoms. The van der Waals surface area contributed by atoms with Crippen LogP contribution >= 0.6 is 0 Å². The van der Waals surface area contributed by atoms with Crippen molar-refractivity contribution in [2.45, 2.75) is 24.2 Å². The lowest BCUT2D eigenvalue weighted by Gasteiger charge is -2.16. The van der Waals surface area contributed by atoms with Gasteiger partial charge in [-0.3, -0.25) is 0 Å². The van der Waals surface area contributed by atoms with E-state index in [0.717, 1.165) is 12.6 Å². The van der Waals surface area contributed by atoms with Crippen LogP contribution in [0.5, 0.6) is 0 Å². The topological polar surface area (TPSA) is 57.6 Å². The Morgan fingerprint density at radius 3 is 2.32 bits per heavy atom. The first-order valence-corrected chi connectivity index (χ1v) is 7.26. The van der Waals surface area contributed by atoms with Crippen LogP contribution in [-0.2, 0) is 16.4 Å². The van der Waals surface area contributed by atoms with E-state index >= 15 is 0 Å². The third kappa shape index (κ3) is 4.52. The second-order valence-corrected chi connectivity index (χ2v) is 6.19. The summed E-state index contributed by atoms with van der Waals surface area (Å²) in [5, 5.41) is 8.69. The van der Waals surface area contributed by atoms with Crippen LogP contribution in [0, 0.1) is 0 Å². The highest BCUT2D eigenvalue weighted by Crippen LogP contribution is 2.16. The predicted molar refractivity (Wildman–Crippen MR) is 67.7 cm³/mol. The third-order valence-electron chi connectivity index (χ3n) is 2.65. The number of hydrogen-bond donors (Lipinski definition) is 1. The van der Waals surface area contributed by atoms with Crippen molar-refractivity contribution in [1.29, 1.82) is 0 Å². The zero-order valence-electron chi connectivity index (χ0n) is 10.6. The van der Waals surface area contributed by atoms with Crippen molar-refractivity contribution in [3.63, 3.8) is 0 Å². The lowest BCUT2D eigenvalue weighted by atomic mass is 10.1. The number of rotatable bonds is 7. The summed E-state index contributed by atoms with van der Waals surface area (Å²) in [5.41, 5.74) is 0.893. The lowest BCUT2D eigenvalue weighted by molar-refractivity contribution is 0.126. The van der Waals surface area contributed by atoms with Crippen LogP contribution in [0.25, 0.3) is 0 Å². The molecular formula is C12H17F2NO3S. The molecule has 0 fully saturated rings.